The minimum atomic E-state index is -1.56. The third kappa shape index (κ3) is 2.31. The number of hydrogen-bond donors (Lipinski definition) is 0. The molecule has 3 nitrogen and oxygen atoms in total. The summed E-state index contributed by atoms with van der Waals surface area (Å²) in [6.45, 7) is -1.56. The SMILES string of the molecule is CN(C)[P@]1c2cccc3cccc(c23)[P@@]1(N(C)C)=[N+](C)C.[I-]. The van der Waals surface area contributed by atoms with Crippen LogP contribution in [-0.4, -0.2) is 56.0 Å². The van der Waals surface area contributed by atoms with Crippen LogP contribution in [0.5, 0.6) is 0 Å². The first-order chi connectivity index (χ1) is 9.92. The van der Waals surface area contributed by atoms with Crippen molar-refractivity contribution in [2.24, 2.45) is 0 Å². The van der Waals surface area contributed by atoms with Crippen molar-refractivity contribution in [3.8, 4) is 0 Å². The van der Waals surface area contributed by atoms with Crippen molar-refractivity contribution >= 4 is 36.0 Å². The van der Waals surface area contributed by atoms with Crippen molar-refractivity contribution in [3.05, 3.63) is 36.4 Å². The van der Waals surface area contributed by atoms with Gasteiger partial charge in [-0.15, -0.1) is 0 Å². The first kappa shape index (κ1) is 18.4. The lowest BCUT2D eigenvalue weighted by molar-refractivity contribution is -0.443. The zero-order valence-corrected chi connectivity index (χ0v) is 18.0. The van der Waals surface area contributed by atoms with Crippen LogP contribution in [0.25, 0.3) is 10.8 Å². The van der Waals surface area contributed by atoms with Gasteiger partial charge >= 0.3 is 0 Å². The first-order valence-electron chi connectivity index (χ1n) is 7.17. The molecule has 0 saturated heterocycles. The molecule has 3 rings (SSSR count). The highest BCUT2D eigenvalue weighted by atomic mass is 127. The van der Waals surface area contributed by atoms with Crippen LogP contribution >= 0.6 is 14.7 Å². The molecular formula is C16H24IN3P2. The Hall–Kier alpha value is 0.0100. The molecule has 22 heavy (non-hydrogen) atoms. The lowest BCUT2D eigenvalue weighted by Gasteiger charge is -2.34. The maximum Gasteiger partial charge on any atom is 0.232 e. The van der Waals surface area contributed by atoms with Gasteiger partial charge in [-0.25, -0.2) is 9.00 Å². The molecule has 1 heterocycles. The zero-order chi connectivity index (χ0) is 15.4. The van der Waals surface area contributed by atoms with E-state index in [1.165, 1.54) is 10.8 Å². The average Bonchev–Trinajstić information content (AvgIpc) is 2.73. The van der Waals surface area contributed by atoms with Crippen molar-refractivity contribution in [2.75, 3.05) is 42.3 Å². The molecule has 0 aromatic heterocycles. The summed E-state index contributed by atoms with van der Waals surface area (Å²) in [6.07, 6.45) is 0. The summed E-state index contributed by atoms with van der Waals surface area (Å²) in [5, 5.41) is 5.96. The molecule has 2 aromatic carbocycles. The van der Waals surface area contributed by atoms with Crippen molar-refractivity contribution in [2.45, 2.75) is 0 Å². The van der Waals surface area contributed by atoms with E-state index < -0.39 is 6.89 Å². The number of hydrogen-bond acceptors (Lipinski definition) is 1. The van der Waals surface area contributed by atoms with Gasteiger partial charge in [0.25, 0.3) is 0 Å². The van der Waals surface area contributed by atoms with Crippen LogP contribution in [0.15, 0.2) is 36.4 Å². The van der Waals surface area contributed by atoms with Crippen molar-refractivity contribution < 1.29 is 28.3 Å². The standard InChI is InChI=1S/C16H24N3P2.HI/c1-17(2)20-14-11-7-9-13-10-8-12-15(16(13)14)21(20,18(3)4)19(5)6;/h7-12H,1-6H3;1H/q+1;/p-1/t20-;/m0./s1. The Morgan fingerprint density at radius 2 is 1.55 bits per heavy atom. The Balaban J connectivity index is 0.00000176. The Morgan fingerprint density at radius 3 is 2.05 bits per heavy atom. The van der Waals surface area contributed by atoms with Gasteiger partial charge in [0.1, 0.15) is 21.9 Å². The average molecular weight is 447 g/mol. The fraction of sp³-hybridized carbons (Fsp3) is 0.375. The van der Waals surface area contributed by atoms with Crippen LogP contribution in [0.3, 0.4) is 0 Å². The first-order valence-corrected chi connectivity index (χ1v) is 10.9. The van der Waals surface area contributed by atoms with Gasteiger partial charge in [0.2, 0.25) is 6.89 Å². The number of rotatable bonds is 2. The largest absolute Gasteiger partial charge is 1.00 e. The molecule has 0 fully saturated rings. The molecule has 0 unspecified atom stereocenters. The van der Waals surface area contributed by atoms with Gasteiger partial charge in [0.05, 0.1) is 5.30 Å². The van der Waals surface area contributed by atoms with Gasteiger partial charge < -0.3 is 24.0 Å². The predicted molar refractivity (Wildman–Crippen MR) is 96.5 cm³/mol. The maximum atomic E-state index is 2.49. The molecule has 0 amide bonds. The normalized spacial score (nSPS) is 23.2. The Kier molecular flexibility index (Phi) is 5.41. The van der Waals surface area contributed by atoms with Crippen LogP contribution in [0.1, 0.15) is 0 Å². The van der Waals surface area contributed by atoms with E-state index in [-0.39, 0.29) is 31.7 Å². The van der Waals surface area contributed by atoms with Crippen molar-refractivity contribution in [3.63, 3.8) is 0 Å². The summed E-state index contributed by atoms with van der Waals surface area (Å²) in [7, 11) is 13.1. The van der Waals surface area contributed by atoms with Crippen molar-refractivity contribution in [1.82, 2.24) is 9.34 Å². The lowest BCUT2D eigenvalue weighted by atomic mass is 10.1. The van der Waals surface area contributed by atoms with E-state index in [4.69, 9.17) is 0 Å². The highest BCUT2D eigenvalue weighted by Gasteiger charge is 2.50. The summed E-state index contributed by atoms with van der Waals surface area (Å²) in [6, 6.07) is 13.6. The minimum Gasteiger partial charge on any atom is -1.00 e. The molecule has 1 aliphatic heterocycles. The monoisotopic (exact) mass is 447 g/mol. The second-order valence-electron chi connectivity index (χ2n) is 6.05. The van der Waals surface area contributed by atoms with Crippen LogP contribution < -0.4 is 34.6 Å². The maximum absolute atomic E-state index is 2.49. The molecule has 6 heteroatoms. The van der Waals surface area contributed by atoms with Gasteiger partial charge in [-0.2, -0.15) is 0 Å². The topological polar surface area (TPSA) is 9.49 Å². The molecule has 120 valence electrons. The van der Waals surface area contributed by atoms with Gasteiger partial charge in [-0.05, 0) is 39.6 Å². The Labute approximate surface area is 152 Å². The third-order valence-corrected chi connectivity index (χ3v) is 15.6. The van der Waals surface area contributed by atoms with Gasteiger partial charge in [0, 0.05) is 10.7 Å². The molecule has 0 radical (unpaired) electrons. The van der Waals surface area contributed by atoms with E-state index in [9.17, 15) is 0 Å². The van der Waals surface area contributed by atoms with E-state index in [1.807, 2.05) is 0 Å². The highest BCUT2D eigenvalue weighted by Crippen LogP contribution is 2.80. The van der Waals surface area contributed by atoms with Crippen molar-refractivity contribution in [1.29, 1.82) is 0 Å². The van der Waals surface area contributed by atoms with Gasteiger partial charge in [-0.3, -0.25) is 4.67 Å². The summed E-state index contributed by atoms with van der Waals surface area (Å²) >= 11 is 0. The lowest BCUT2D eigenvalue weighted by Crippen LogP contribution is -3.00. The van der Waals surface area contributed by atoms with Crippen LogP contribution in [-0.2, 0) is 0 Å². The predicted octanol–water partition coefficient (Wildman–Crippen LogP) is -0.0686. The minimum absolute atomic E-state index is 0. The number of halogens is 1. The summed E-state index contributed by atoms with van der Waals surface area (Å²) < 4.78 is 7.44. The molecular weight excluding hydrogens is 423 g/mol. The van der Waals surface area contributed by atoms with Crippen LogP contribution in [0, 0.1) is 0 Å². The fourth-order valence-corrected chi connectivity index (χ4v) is 14.9. The number of benzene rings is 2. The second kappa shape index (κ2) is 6.49. The molecule has 1 aliphatic rings. The van der Waals surface area contributed by atoms with Gasteiger partial charge in [-0.1, -0.05) is 30.3 Å². The third-order valence-electron chi connectivity index (χ3n) is 4.16. The number of nitrogens with zero attached hydrogens (tertiary/aromatic N) is 3. The molecule has 0 spiro atoms. The summed E-state index contributed by atoms with van der Waals surface area (Å²) in [4.78, 5) is 0. The van der Waals surface area contributed by atoms with Crippen LogP contribution in [0.4, 0.5) is 0 Å². The van der Waals surface area contributed by atoms with Gasteiger partial charge in [0.15, 0.2) is 0 Å². The highest BCUT2D eigenvalue weighted by molar-refractivity contribution is 8.38. The van der Waals surface area contributed by atoms with E-state index in [1.54, 1.807) is 10.6 Å². The molecule has 2 atom stereocenters. The van der Waals surface area contributed by atoms with E-state index >= 15 is 0 Å². The van der Waals surface area contributed by atoms with E-state index in [2.05, 4.69) is 92.4 Å². The summed E-state index contributed by atoms with van der Waals surface area (Å²) in [5.74, 6) is 0. The summed E-state index contributed by atoms with van der Waals surface area (Å²) in [5.41, 5.74) is 0. The molecule has 0 saturated carbocycles. The Bertz CT molecular complexity index is 762. The van der Waals surface area contributed by atoms with Crippen LogP contribution in [0.2, 0.25) is 0 Å². The molecule has 2 aromatic rings. The smallest absolute Gasteiger partial charge is 0.232 e. The molecule has 0 bridgehead atoms. The molecule has 0 aliphatic carbocycles. The second-order valence-corrected chi connectivity index (χ2v) is 13.9. The quantitative estimate of drug-likeness (QED) is 0.472. The van der Waals surface area contributed by atoms with E-state index in [0.717, 1.165) is 0 Å². The zero-order valence-electron chi connectivity index (χ0n) is 14.1. The Morgan fingerprint density at radius 1 is 0.955 bits per heavy atom. The molecule has 0 N–H and O–H groups in total. The fourth-order valence-electron chi connectivity index (χ4n) is 3.56. The van der Waals surface area contributed by atoms with E-state index in [0.29, 0.717) is 0 Å².